The third-order valence-electron chi connectivity index (χ3n) is 4.58. The number of aromatic nitrogens is 4. The van der Waals surface area contributed by atoms with Crippen molar-refractivity contribution in [3.05, 3.63) is 39.6 Å². The van der Waals surface area contributed by atoms with Crippen molar-refractivity contribution in [2.75, 3.05) is 12.3 Å². The quantitative estimate of drug-likeness (QED) is 0.351. The predicted octanol–water partition coefficient (Wildman–Crippen LogP) is -0.166. The molecule has 15 heteroatoms. The first-order valence-corrected chi connectivity index (χ1v) is 11.5. The number of nitrogens with two attached hydrogens (primary N) is 1. The Labute approximate surface area is 181 Å². The first-order chi connectivity index (χ1) is 14.7. The van der Waals surface area contributed by atoms with E-state index in [1.54, 1.807) is 0 Å². The number of hydrogen-bond donors (Lipinski definition) is 4. The lowest BCUT2D eigenvalue weighted by molar-refractivity contribution is -0.0824. The lowest BCUT2D eigenvalue weighted by Crippen LogP contribution is -2.44. The average Bonchev–Trinajstić information content (AvgIpc) is 3.08. The summed E-state index contributed by atoms with van der Waals surface area (Å²) < 4.78 is 37.9. The highest BCUT2D eigenvalue weighted by atomic mass is 35.5. The summed E-state index contributed by atoms with van der Waals surface area (Å²) in [5.41, 5.74) is 4.46. The normalized spacial score (nSPS) is 21.5. The molecular formula is C16H17ClN5O7PS. The molecule has 31 heavy (non-hydrogen) atoms. The van der Waals surface area contributed by atoms with Gasteiger partial charge in [0, 0.05) is 5.02 Å². The zero-order chi connectivity index (χ0) is 22.3. The number of nitrogen functional groups attached to an aromatic ring is 1. The highest BCUT2D eigenvalue weighted by molar-refractivity contribution is 7.91. The number of imidazole rings is 1. The van der Waals surface area contributed by atoms with Crippen LogP contribution in [0, 0.1) is 0 Å². The van der Waals surface area contributed by atoms with E-state index in [4.69, 9.17) is 26.4 Å². The molecule has 0 spiro atoms. The maximum absolute atomic E-state index is 13.3. The number of anilines is 1. The Hall–Kier alpha value is -2.12. The van der Waals surface area contributed by atoms with Gasteiger partial charge in [-0.25, -0.2) is 13.4 Å². The summed E-state index contributed by atoms with van der Waals surface area (Å²) in [6.45, 7) is -0.452. The van der Waals surface area contributed by atoms with Crippen LogP contribution >= 0.6 is 20.6 Å². The van der Waals surface area contributed by atoms with E-state index in [1.165, 1.54) is 24.3 Å². The topological polar surface area (TPSA) is 183 Å². The van der Waals surface area contributed by atoms with Gasteiger partial charge in [-0.2, -0.15) is 4.98 Å². The Morgan fingerprint density at radius 1 is 1.35 bits per heavy atom. The monoisotopic (exact) mass is 489 g/mol. The van der Waals surface area contributed by atoms with Crippen molar-refractivity contribution >= 4 is 47.6 Å². The second-order valence-electron chi connectivity index (χ2n) is 6.70. The molecule has 2 aromatic heterocycles. The molecule has 5 N–H and O–H groups in total. The Bertz CT molecular complexity index is 1280. The van der Waals surface area contributed by atoms with Gasteiger partial charge in [-0.3, -0.25) is 14.3 Å². The van der Waals surface area contributed by atoms with Gasteiger partial charge in [0.25, 0.3) is 5.56 Å². The van der Waals surface area contributed by atoms with Crippen molar-refractivity contribution < 1.29 is 27.7 Å². The Kier molecular flexibility index (Phi) is 6.01. The minimum absolute atomic E-state index is 0.0500. The van der Waals surface area contributed by atoms with Crippen LogP contribution in [0.1, 0.15) is 0 Å². The van der Waals surface area contributed by atoms with Crippen molar-refractivity contribution in [1.82, 2.24) is 19.5 Å². The molecule has 1 fully saturated rings. The fourth-order valence-electron chi connectivity index (χ4n) is 3.10. The van der Waals surface area contributed by atoms with E-state index in [2.05, 4.69) is 15.0 Å². The molecule has 1 aliphatic rings. The smallest absolute Gasteiger partial charge is 0.280 e. The molecule has 0 radical (unpaired) electrons. The molecule has 0 aliphatic carbocycles. The third kappa shape index (κ3) is 4.17. The molecule has 1 aliphatic heterocycles. The van der Waals surface area contributed by atoms with Crippen LogP contribution < -0.4 is 11.3 Å². The number of benzene rings is 1. The molecule has 3 aromatic rings. The van der Waals surface area contributed by atoms with E-state index in [1.807, 2.05) is 0 Å². The van der Waals surface area contributed by atoms with E-state index in [0.717, 1.165) is 4.57 Å². The van der Waals surface area contributed by atoms with Gasteiger partial charge >= 0.3 is 0 Å². The van der Waals surface area contributed by atoms with Gasteiger partial charge in [0.05, 0.1) is 18.0 Å². The van der Waals surface area contributed by atoms with Crippen LogP contribution in [0.5, 0.6) is 0 Å². The number of fused-ring (bicyclic) bond motifs is 1. The molecule has 166 valence electrons. The minimum Gasteiger partial charge on any atom is -0.388 e. The number of nitrogens with one attached hydrogen (secondary N) is 1. The predicted molar refractivity (Wildman–Crippen MR) is 111 cm³/mol. The number of aliphatic hydroxyl groups is 2. The minimum atomic E-state index is -4.25. The zero-order valence-corrected chi connectivity index (χ0v) is 18.2. The van der Waals surface area contributed by atoms with Gasteiger partial charge in [0.1, 0.15) is 18.3 Å². The summed E-state index contributed by atoms with van der Waals surface area (Å²) in [7, 11) is -4.64. The number of sulfone groups is 1. The summed E-state index contributed by atoms with van der Waals surface area (Å²) in [6, 6.07) is 5.37. The second kappa shape index (κ2) is 8.43. The number of halogens is 1. The van der Waals surface area contributed by atoms with Crippen molar-refractivity contribution in [3.8, 4) is 0 Å². The van der Waals surface area contributed by atoms with Gasteiger partial charge in [-0.1, -0.05) is 11.6 Å². The van der Waals surface area contributed by atoms with Crippen LogP contribution in [0.4, 0.5) is 5.95 Å². The average molecular weight is 490 g/mol. The summed E-state index contributed by atoms with van der Waals surface area (Å²) >= 11 is 5.84. The maximum atomic E-state index is 13.3. The summed E-state index contributed by atoms with van der Waals surface area (Å²) in [4.78, 5) is 22.4. The van der Waals surface area contributed by atoms with Gasteiger partial charge < -0.3 is 25.0 Å². The van der Waals surface area contributed by atoms with Crippen LogP contribution in [-0.4, -0.2) is 63.1 Å². The lowest BCUT2D eigenvalue weighted by Gasteiger charge is -2.31. The van der Waals surface area contributed by atoms with Gasteiger partial charge in [-0.15, -0.1) is 0 Å². The summed E-state index contributed by atoms with van der Waals surface area (Å²) in [5, 5.41) is 20.5. The molecule has 4 atom stereocenters. The SMILES string of the molecule is Nc1nc2c(nc(S(=O)(=O)c3ccc(Cl)cc3)n2CC(O)C2OPOCC2O)c(=O)[nH]1. The zero-order valence-electron chi connectivity index (χ0n) is 15.6. The number of rotatable bonds is 5. The highest BCUT2D eigenvalue weighted by Crippen LogP contribution is 2.29. The number of hydrogen-bond acceptors (Lipinski definition) is 10. The van der Waals surface area contributed by atoms with Crippen molar-refractivity contribution in [3.63, 3.8) is 0 Å². The number of H-pyrrole nitrogens is 1. The number of aromatic amines is 1. The molecule has 1 aromatic carbocycles. The molecule has 0 bridgehead atoms. The van der Waals surface area contributed by atoms with Crippen LogP contribution in [0.3, 0.4) is 0 Å². The van der Waals surface area contributed by atoms with Crippen molar-refractivity contribution in [1.29, 1.82) is 0 Å². The van der Waals surface area contributed by atoms with Crippen molar-refractivity contribution in [2.45, 2.75) is 34.9 Å². The third-order valence-corrected chi connectivity index (χ3v) is 7.17. The Morgan fingerprint density at radius 3 is 2.74 bits per heavy atom. The molecule has 4 rings (SSSR count). The van der Waals surface area contributed by atoms with Crippen LogP contribution in [0.2, 0.25) is 5.02 Å². The van der Waals surface area contributed by atoms with E-state index in [9.17, 15) is 23.4 Å². The van der Waals surface area contributed by atoms with E-state index < -0.39 is 54.4 Å². The van der Waals surface area contributed by atoms with E-state index in [-0.39, 0.29) is 28.6 Å². The van der Waals surface area contributed by atoms with Crippen molar-refractivity contribution in [2.24, 2.45) is 0 Å². The molecule has 0 amide bonds. The molecule has 1 saturated heterocycles. The second-order valence-corrected chi connectivity index (χ2v) is 9.67. The summed E-state index contributed by atoms with van der Waals surface area (Å²) in [6.07, 6.45) is -3.55. The molecule has 0 saturated carbocycles. The largest absolute Gasteiger partial charge is 0.388 e. The van der Waals surface area contributed by atoms with Crippen LogP contribution in [-0.2, 0) is 25.4 Å². The summed E-state index contributed by atoms with van der Waals surface area (Å²) in [5.74, 6) is -0.257. The molecule has 4 unspecified atom stereocenters. The maximum Gasteiger partial charge on any atom is 0.280 e. The molecular weight excluding hydrogens is 473 g/mol. The first-order valence-electron chi connectivity index (χ1n) is 8.83. The lowest BCUT2D eigenvalue weighted by atomic mass is 10.1. The Morgan fingerprint density at radius 2 is 2.06 bits per heavy atom. The first kappa shape index (κ1) is 22.1. The van der Waals surface area contributed by atoms with Crippen LogP contribution in [0.15, 0.2) is 39.1 Å². The molecule has 3 heterocycles. The van der Waals surface area contributed by atoms with Gasteiger partial charge in [0.15, 0.2) is 20.2 Å². The van der Waals surface area contributed by atoms with Crippen LogP contribution in [0.25, 0.3) is 11.2 Å². The fraction of sp³-hybridized carbons (Fsp3) is 0.312. The number of nitrogens with zero attached hydrogens (tertiary/aromatic N) is 3. The Balaban J connectivity index is 1.86. The standard InChI is InChI=1S/C16H17ClN5O7PS/c17-7-1-3-8(4-2-7)31(26,27)16-19-11-13(20-15(18)21-14(11)25)22(16)5-9(23)12-10(24)6-28-30-29-12/h1-4,9-10,12,23-24,30H,5-6H2,(H3,18,20,21,25). The van der Waals surface area contributed by atoms with E-state index in [0.29, 0.717) is 5.02 Å². The molecule has 12 nitrogen and oxygen atoms in total. The van der Waals surface area contributed by atoms with E-state index >= 15 is 0 Å². The fourth-order valence-corrected chi connectivity index (χ4v) is 5.33. The van der Waals surface area contributed by atoms with Gasteiger partial charge in [-0.05, 0) is 24.3 Å². The highest BCUT2D eigenvalue weighted by Gasteiger charge is 2.35. The van der Waals surface area contributed by atoms with Gasteiger partial charge in [0.2, 0.25) is 20.9 Å². The number of aliphatic hydroxyl groups excluding tert-OH is 2.